The highest BCUT2D eigenvalue weighted by Crippen LogP contribution is 2.37. The highest BCUT2D eigenvalue weighted by Gasteiger charge is 2.38. The van der Waals surface area contributed by atoms with E-state index in [2.05, 4.69) is 10.6 Å². The van der Waals surface area contributed by atoms with Crippen LogP contribution in [0.15, 0.2) is 0 Å². The van der Waals surface area contributed by atoms with E-state index in [0.29, 0.717) is 37.5 Å². The zero-order chi connectivity index (χ0) is 26.4. The Labute approximate surface area is 220 Å². The average molecular weight is 519 g/mol. The average Bonchev–Trinajstić information content (AvgIpc) is 2.90. The van der Waals surface area contributed by atoms with Crippen LogP contribution in [0.3, 0.4) is 0 Å². The van der Waals surface area contributed by atoms with Crippen molar-refractivity contribution in [2.24, 2.45) is 35.5 Å². The number of carbonyl (C=O) groups is 4. The molecular formula is C29H46N2O6. The summed E-state index contributed by atoms with van der Waals surface area (Å²) in [5.74, 6) is -2.28. The summed E-state index contributed by atoms with van der Waals surface area (Å²) >= 11 is 0. The second-order valence-corrected chi connectivity index (χ2v) is 12.4. The summed E-state index contributed by atoms with van der Waals surface area (Å²) in [6.45, 7) is 0. The normalized spacial score (nSPS) is 36.8. The quantitative estimate of drug-likeness (QED) is 0.374. The minimum Gasteiger partial charge on any atom is -0.481 e. The van der Waals surface area contributed by atoms with Crippen molar-refractivity contribution >= 4 is 23.8 Å². The van der Waals surface area contributed by atoms with Gasteiger partial charge in [-0.2, -0.15) is 0 Å². The number of amides is 2. The first-order chi connectivity index (χ1) is 17.8. The molecule has 0 aromatic heterocycles. The molecule has 4 N–H and O–H groups in total. The third kappa shape index (κ3) is 7.47. The maximum atomic E-state index is 12.8. The zero-order valence-electron chi connectivity index (χ0n) is 22.2. The molecule has 208 valence electrons. The maximum absolute atomic E-state index is 12.8. The van der Waals surface area contributed by atoms with E-state index in [0.717, 1.165) is 77.0 Å². The van der Waals surface area contributed by atoms with Crippen LogP contribution in [0, 0.1) is 35.5 Å². The lowest BCUT2D eigenvalue weighted by Crippen LogP contribution is -2.45. The molecule has 4 saturated carbocycles. The summed E-state index contributed by atoms with van der Waals surface area (Å²) < 4.78 is 0. The van der Waals surface area contributed by atoms with Crippen LogP contribution in [0.5, 0.6) is 0 Å². The van der Waals surface area contributed by atoms with Gasteiger partial charge < -0.3 is 20.8 Å². The van der Waals surface area contributed by atoms with Gasteiger partial charge in [0.2, 0.25) is 11.8 Å². The number of carboxylic acid groups (broad SMARTS) is 2. The molecule has 37 heavy (non-hydrogen) atoms. The highest BCUT2D eigenvalue weighted by molar-refractivity contribution is 5.85. The van der Waals surface area contributed by atoms with E-state index in [1.807, 2.05) is 0 Å². The predicted octanol–water partition coefficient (Wildman–Crippen LogP) is 4.51. The van der Waals surface area contributed by atoms with Gasteiger partial charge in [0, 0.05) is 12.1 Å². The van der Waals surface area contributed by atoms with Crippen LogP contribution in [-0.4, -0.2) is 46.0 Å². The molecule has 0 aromatic rings. The summed E-state index contributed by atoms with van der Waals surface area (Å²) in [5.41, 5.74) is 0. The Morgan fingerprint density at radius 3 is 1.14 bits per heavy atom. The molecule has 0 aliphatic heterocycles. The van der Waals surface area contributed by atoms with E-state index in [1.54, 1.807) is 0 Å². The molecule has 0 bridgehead atoms. The van der Waals surface area contributed by atoms with Crippen LogP contribution in [0.25, 0.3) is 0 Å². The van der Waals surface area contributed by atoms with Gasteiger partial charge in [-0.3, -0.25) is 19.2 Å². The van der Waals surface area contributed by atoms with Crippen LogP contribution >= 0.6 is 0 Å². The van der Waals surface area contributed by atoms with Crippen molar-refractivity contribution in [3.8, 4) is 0 Å². The third-order valence-electron chi connectivity index (χ3n) is 9.89. The number of rotatable bonds is 8. The number of carbonyl (C=O) groups excluding carboxylic acids is 2. The molecule has 0 radical (unpaired) electrons. The zero-order valence-corrected chi connectivity index (χ0v) is 22.2. The lowest BCUT2D eigenvalue weighted by Gasteiger charge is -2.36. The minimum atomic E-state index is -0.837. The Balaban J connectivity index is 1.14. The van der Waals surface area contributed by atoms with Crippen molar-refractivity contribution in [1.29, 1.82) is 0 Å². The molecule has 0 spiro atoms. The van der Waals surface area contributed by atoms with Gasteiger partial charge in [-0.25, -0.2) is 0 Å². The lowest BCUT2D eigenvalue weighted by molar-refractivity contribution is -0.149. The van der Waals surface area contributed by atoms with E-state index in [-0.39, 0.29) is 35.7 Å². The fourth-order valence-corrected chi connectivity index (χ4v) is 7.65. The van der Waals surface area contributed by atoms with Gasteiger partial charge in [-0.05, 0) is 95.3 Å². The molecule has 0 heterocycles. The van der Waals surface area contributed by atoms with E-state index in [9.17, 15) is 29.4 Å². The number of aliphatic carboxylic acids is 2. The maximum Gasteiger partial charge on any atom is 0.307 e. The number of hydrogen-bond donors (Lipinski definition) is 4. The second-order valence-electron chi connectivity index (χ2n) is 12.4. The fourth-order valence-electron chi connectivity index (χ4n) is 7.65. The van der Waals surface area contributed by atoms with Crippen LogP contribution in [0.1, 0.15) is 109 Å². The monoisotopic (exact) mass is 518 g/mol. The predicted molar refractivity (Wildman–Crippen MR) is 139 cm³/mol. The van der Waals surface area contributed by atoms with Crippen LogP contribution in [-0.2, 0) is 19.2 Å². The van der Waals surface area contributed by atoms with Gasteiger partial charge in [0.25, 0.3) is 0 Å². The molecule has 4 rings (SSSR count). The standard InChI is InChI=1S/C29H46N2O6/c32-26(22-5-1-3-7-24(22)28(34)35)30-20-13-9-18(10-14-20)17-19-11-15-21(16-12-19)31-27(33)23-6-2-4-8-25(23)29(36)37/h18-25H,1-17H2,(H,30,32)(H,31,33)(H,34,35)(H,36,37)/t18?,19?,20?,21?,22-,23-,24+,25+/m1/s1. The van der Waals surface area contributed by atoms with Gasteiger partial charge in [0.1, 0.15) is 0 Å². The van der Waals surface area contributed by atoms with E-state index < -0.39 is 23.8 Å². The summed E-state index contributed by atoms with van der Waals surface area (Å²) in [7, 11) is 0. The SMILES string of the molecule is O=C(O)[C@H]1CCCC[C@H]1C(=O)NC1CCC(CC2CCC(NC(=O)[C@@H]3CCCC[C@@H]3C(=O)O)CC2)CC1. The number of nitrogens with one attached hydrogen (secondary N) is 2. The van der Waals surface area contributed by atoms with E-state index in [4.69, 9.17) is 0 Å². The minimum absolute atomic E-state index is 0.0566. The third-order valence-corrected chi connectivity index (χ3v) is 9.89. The molecular weight excluding hydrogens is 472 g/mol. The Morgan fingerprint density at radius 1 is 0.486 bits per heavy atom. The van der Waals surface area contributed by atoms with Crippen LogP contribution in [0.2, 0.25) is 0 Å². The fraction of sp³-hybridized carbons (Fsp3) is 0.862. The largest absolute Gasteiger partial charge is 0.481 e. The van der Waals surface area contributed by atoms with E-state index in [1.165, 1.54) is 6.42 Å². The molecule has 0 unspecified atom stereocenters. The molecule has 8 nitrogen and oxygen atoms in total. The first kappa shape index (κ1) is 27.9. The lowest BCUT2D eigenvalue weighted by atomic mass is 9.75. The molecule has 4 atom stereocenters. The summed E-state index contributed by atoms with van der Waals surface area (Å²) in [6, 6.07) is 0.334. The van der Waals surface area contributed by atoms with Crippen molar-refractivity contribution < 1.29 is 29.4 Å². The topological polar surface area (TPSA) is 133 Å². The van der Waals surface area contributed by atoms with Gasteiger partial charge >= 0.3 is 11.9 Å². The van der Waals surface area contributed by atoms with Crippen LogP contribution in [0.4, 0.5) is 0 Å². The molecule has 0 aromatic carbocycles. The summed E-state index contributed by atoms with van der Waals surface area (Å²) in [6.07, 6.45) is 15.7. The Kier molecular flexibility index (Phi) is 9.88. The van der Waals surface area contributed by atoms with Gasteiger partial charge in [0.15, 0.2) is 0 Å². The van der Waals surface area contributed by atoms with Gasteiger partial charge in [-0.1, -0.05) is 25.7 Å². The molecule has 4 fully saturated rings. The molecule has 4 aliphatic carbocycles. The van der Waals surface area contributed by atoms with Crippen molar-refractivity contribution in [3.63, 3.8) is 0 Å². The second kappa shape index (κ2) is 13.1. The Hall–Kier alpha value is -2.12. The van der Waals surface area contributed by atoms with Gasteiger partial charge in [-0.15, -0.1) is 0 Å². The first-order valence-corrected chi connectivity index (χ1v) is 14.9. The Morgan fingerprint density at radius 2 is 0.811 bits per heavy atom. The number of hydrogen-bond acceptors (Lipinski definition) is 4. The van der Waals surface area contributed by atoms with Crippen molar-refractivity contribution in [2.45, 2.75) is 121 Å². The molecule has 4 aliphatic rings. The molecule has 8 heteroatoms. The van der Waals surface area contributed by atoms with Crippen molar-refractivity contribution in [1.82, 2.24) is 10.6 Å². The van der Waals surface area contributed by atoms with Crippen molar-refractivity contribution in [2.75, 3.05) is 0 Å². The van der Waals surface area contributed by atoms with Crippen LogP contribution < -0.4 is 10.6 Å². The van der Waals surface area contributed by atoms with Gasteiger partial charge in [0.05, 0.1) is 23.7 Å². The highest BCUT2D eigenvalue weighted by atomic mass is 16.4. The summed E-state index contributed by atoms with van der Waals surface area (Å²) in [4.78, 5) is 48.7. The summed E-state index contributed by atoms with van der Waals surface area (Å²) in [5, 5.41) is 25.3. The van der Waals surface area contributed by atoms with E-state index >= 15 is 0 Å². The number of carboxylic acids is 2. The molecule has 2 amide bonds. The van der Waals surface area contributed by atoms with Crippen molar-refractivity contribution in [3.05, 3.63) is 0 Å². The molecule has 0 saturated heterocycles. The first-order valence-electron chi connectivity index (χ1n) is 14.9. The Bertz CT molecular complexity index is 749. The smallest absolute Gasteiger partial charge is 0.307 e.